The van der Waals surface area contributed by atoms with E-state index in [9.17, 15) is 24.3 Å². The van der Waals surface area contributed by atoms with Gasteiger partial charge in [0.15, 0.2) is 0 Å². The van der Waals surface area contributed by atoms with E-state index in [0.717, 1.165) is 0 Å². The molecule has 1 aliphatic rings. The Bertz CT molecular complexity index is 802. The molecule has 0 bridgehead atoms. The predicted molar refractivity (Wildman–Crippen MR) is 128 cm³/mol. The van der Waals surface area contributed by atoms with E-state index in [1.165, 1.54) is 55.4 Å². The van der Waals surface area contributed by atoms with Gasteiger partial charge in [-0.1, -0.05) is 0 Å². The van der Waals surface area contributed by atoms with Crippen LogP contribution in [-0.2, 0) is 14.4 Å². The fraction of sp³-hybridized carbons (Fsp3) is 0.600. The van der Waals surface area contributed by atoms with Gasteiger partial charge in [-0.25, -0.2) is 0 Å². The summed E-state index contributed by atoms with van der Waals surface area (Å²) in [6.07, 6.45) is 7.13. The molecule has 3 amide bonds. The molecule has 1 saturated heterocycles. The molecular formula is C25H37N2O5Sn-. The number of amides is 3. The summed E-state index contributed by atoms with van der Waals surface area (Å²) < 4.78 is 5.29. The fourth-order valence-electron chi connectivity index (χ4n) is 4.66. The summed E-state index contributed by atoms with van der Waals surface area (Å²) >= 11 is -2.66. The summed E-state index contributed by atoms with van der Waals surface area (Å²) in [5.74, 6) is -3.34. The van der Waals surface area contributed by atoms with Gasteiger partial charge < -0.3 is 0 Å². The van der Waals surface area contributed by atoms with E-state index in [-0.39, 0.29) is 18.4 Å². The Morgan fingerprint density at radius 1 is 0.879 bits per heavy atom. The Kier molecular flexibility index (Phi) is 10.9. The van der Waals surface area contributed by atoms with Crippen molar-refractivity contribution >= 4 is 45.6 Å². The zero-order valence-electron chi connectivity index (χ0n) is 20.2. The van der Waals surface area contributed by atoms with Crippen molar-refractivity contribution in [3.63, 3.8) is 0 Å². The first kappa shape index (κ1) is 27.3. The number of carbonyl (C=O) groups excluding carboxylic acids is 4. The van der Waals surface area contributed by atoms with Gasteiger partial charge in [0.05, 0.1) is 0 Å². The number of carboxylic acid groups (broad SMARTS) is 1. The van der Waals surface area contributed by atoms with Crippen molar-refractivity contribution in [3.05, 3.63) is 29.8 Å². The number of hydrazine groups is 1. The number of hydrogen-bond donors (Lipinski definition) is 0. The Balaban J connectivity index is 2.36. The number of nitrogens with zero attached hydrogens (tertiary/aromatic N) is 2. The molecule has 0 radical (unpaired) electrons. The second-order valence-electron chi connectivity index (χ2n) is 9.00. The SMILES string of the molecule is CCC[CH2][Sn]([CH2]CCC)([CH2]CCC)[c]1ccc(C(=O)N(CC(=O)[O-])N2C(=O)CCC2=O)cc1. The number of unbranched alkanes of at least 4 members (excludes halogenated alkanes) is 3. The van der Waals surface area contributed by atoms with Crippen LogP contribution in [0.2, 0.25) is 13.3 Å². The maximum atomic E-state index is 13.1. The van der Waals surface area contributed by atoms with Gasteiger partial charge in [0, 0.05) is 0 Å². The molecule has 1 aromatic carbocycles. The van der Waals surface area contributed by atoms with Crippen LogP contribution in [0.4, 0.5) is 0 Å². The zero-order valence-corrected chi connectivity index (χ0v) is 23.1. The van der Waals surface area contributed by atoms with E-state index < -0.39 is 48.6 Å². The standard InChI is InChI=1S/C13H11N2O5.3C4H9.Sn/c16-10-6-7-11(17)15(10)14(8-12(18)19)13(20)9-4-2-1-3-5-9;3*1-3-4-2;/h2-5H,6-8H2,(H,18,19);3*1,3-4H2,2H3;/p-1. The number of imide groups is 1. The van der Waals surface area contributed by atoms with E-state index in [2.05, 4.69) is 32.9 Å². The molecule has 0 spiro atoms. The Labute approximate surface area is 201 Å². The van der Waals surface area contributed by atoms with Gasteiger partial charge in [0.25, 0.3) is 0 Å². The van der Waals surface area contributed by atoms with Crippen molar-refractivity contribution in [1.29, 1.82) is 0 Å². The topological polar surface area (TPSA) is 97.8 Å². The monoisotopic (exact) mass is 565 g/mol. The van der Waals surface area contributed by atoms with E-state index in [1.54, 1.807) is 12.1 Å². The number of benzene rings is 1. The second kappa shape index (κ2) is 13.1. The van der Waals surface area contributed by atoms with Crippen molar-refractivity contribution in [2.45, 2.75) is 85.4 Å². The van der Waals surface area contributed by atoms with Crippen LogP contribution in [0, 0.1) is 0 Å². The van der Waals surface area contributed by atoms with Gasteiger partial charge in [-0.15, -0.1) is 0 Å². The minimum absolute atomic E-state index is 0.0299. The summed E-state index contributed by atoms with van der Waals surface area (Å²) in [4.78, 5) is 48.7. The van der Waals surface area contributed by atoms with Crippen LogP contribution >= 0.6 is 0 Å². The van der Waals surface area contributed by atoms with Crippen LogP contribution in [0.3, 0.4) is 0 Å². The molecule has 8 heteroatoms. The molecule has 0 aromatic heterocycles. The summed E-state index contributed by atoms with van der Waals surface area (Å²) in [5, 5.41) is 12.6. The summed E-state index contributed by atoms with van der Waals surface area (Å²) in [7, 11) is 0. The molecule has 2 rings (SSSR count). The van der Waals surface area contributed by atoms with Gasteiger partial charge in [0.2, 0.25) is 0 Å². The molecule has 0 unspecified atom stereocenters. The molecule has 1 fully saturated rings. The van der Waals surface area contributed by atoms with Crippen LogP contribution in [0.15, 0.2) is 24.3 Å². The number of rotatable bonds is 14. The average molecular weight is 564 g/mol. The van der Waals surface area contributed by atoms with Crippen LogP contribution in [-0.4, -0.2) is 58.6 Å². The molecule has 33 heavy (non-hydrogen) atoms. The predicted octanol–water partition coefficient (Wildman–Crippen LogP) is 3.00. The summed E-state index contributed by atoms with van der Waals surface area (Å²) in [6.45, 7) is 5.84. The summed E-state index contributed by atoms with van der Waals surface area (Å²) in [5.41, 5.74) is 0.272. The third-order valence-corrected chi connectivity index (χ3v) is 22.2. The molecule has 0 N–H and O–H groups in total. The maximum absolute atomic E-state index is 13.1. The molecule has 7 nitrogen and oxygen atoms in total. The van der Waals surface area contributed by atoms with E-state index in [4.69, 9.17) is 0 Å². The zero-order chi connectivity index (χ0) is 24.4. The van der Waals surface area contributed by atoms with Gasteiger partial charge in [-0.3, -0.25) is 0 Å². The van der Waals surface area contributed by atoms with Gasteiger partial charge >= 0.3 is 202 Å². The average Bonchev–Trinajstić information content (AvgIpc) is 3.14. The fourth-order valence-corrected chi connectivity index (χ4v) is 20.6. The number of carboxylic acids is 1. The first-order valence-corrected chi connectivity index (χ1v) is 19.8. The Hall–Kier alpha value is -1.90. The molecule has 0 saturated carbocycles. The van der Waals surface area contributed by atoms with Crippen molar-refractivity contribution in [2.75, 3.05) is 6.54 Å². The van der Waals surface area contributed by atoms with Gasteiger partial charge in [-0.2, -0.15) is 0 Å². The quantitative estimate of drug-likeness (QED) is 0.256. The molecule has 182 valence electrons. The van der Waals surface area contributed by atoms with Gasteiger partial charge in [0.1, 0.15) is 0 Å². The second-order valence-corrected chi connectivity index (χ2v) is 22.2. The van der Waals surface area contributed by atoms with Crippen LogP contribution in [0.5, 0.6) is 0 Å². The minimum atomic E-state index is -2.66. The third-order valence-electron chi connectivity index (χ3n) is 6.55. The van der Waals surface area contributed by atoms with Crippen molar-refractivity contribution in [3.8, 4) is 0 Å². The number of aliphatic carboxylic acids is 1. The number of carbonyl (C=O) groups is 4. The van der Waals surface area contributed by atoms with Crippen LogP contribution in [0.25, 0.3) is 0 Å². The normalized spacial score (nSPS) is 14.1. The number of hydrogen-bond acceptors (Lipinski definition) is 5. The molecule has 0 aliphatic carbocycles. The first-order valence-electron chi connectivity index (χ1n) is 12.3. The first-order chi connectivity index (χ1) is 15.8. The Morgan fingerprint density at radius 2 is 1.33 bits per heavy atom. The third kappa shape index (κ3) is 7.04. The molecule has 1 aromatic rings. The van der Waals surface area contributed by atoms with Crippen molar-refractivity contribution < 1.29 is 24.3 Å². The Morgan fingerprint density at radius 3 is 1.73 bits per heavy atom. The van der Waals surface area contributed by atoms with E-state index in [1.807, 2.05) is 0 Å². The van der Waals surface area contributed by atoms with Crippen LogP contribution < -0.4 is 8.69 Å². The van der Waals surface area contributed by atoms with E-state index in [0.29, 0.717) is 10.0 Å². The molecular weight excluding hydrogens is 527 g/mol. The molecule has 1 aliphatic heterocycles. The molecule has 0 atom stereocenters. The van der Waals surface area contributed by atoms with Crippen molar-refractivity contribution in [1.82, 2.24) is 10.0 Å². The molecule has 1 heterocycles. The van der Waals surface area contributed by atoms with Crippen LogP contribution in [0.1, 0.15) is 82.5 Å². The van der Waals surface area contributed by atoms with E-state index >= 15 is 0 Å². The van der Waals surface area contributed by atoms with Gasteiger partial charge in [-0.05, 0) is 0 Å². The summed E-state index contributed by atoms with van der Waals surface area (Å²) in [6, 6.07) is 7.57. The van der Waals surface area contributed by atoms with Crippen molar-refractivity contribution in [2.24, 2.45) is 0 Å².